The number of carboxylic acids is 1. The van der Waals surface area contributed by atoms with Gasteiger partial charge in [-0.1, -0.05) is 5.16 Å². The lowest BCUT2D eigenvalue weighted by Crippen LogP contribution is -2.47. The molecule has 4 aliphatic rings. The Bertz CT molecular complexity index is 1220. The highest BCUT2D eigenvalue weighted by Crippen LogP contribution is 2.60. The Hall–Kier alpha value is -2.95. The van der Waals surface area contributed by atoms with Crippen LogP contribution < -0.4 is 5.73 Å². The molecule has 2 heterocycles. The number of hydrogen-bond acceptors (Lipinski definition) is 5. The highest BCUT2D eigenvalue weighted by atomic mass is 19.4. The molecule has 3 aromatic rings. The van der Waals surface area contributed by atoms with Gasteiger partial charge in [-0.2, -0.15) is 18.2 Å². The van der Waals surface area contributed by atoms with Crippen LogP contribution in [-0.4, -0.2) is 32.4 Å². The predicted molar refractivity (Wildman–Crippen MR) is 121 cm³/mol. The van der Waals surface area contributed by atoms with Crippen molar-refractivity contribution < 1.29 is 32.0 Å². The number of nitrogens with zero attached hydrogens (tertiary/aromatic N) is 2. The molecule has 1 atom stereocenters. The van der Waals surface area contributed by atoms with E-state index in [-0.39, 0.29) is 5.82 Å². The lowest BCUT2D eigenvalue weighted by atomic mass is 9.49. The molecule has 1 unspecified atom stereocenters. The first-order chi connectivity index (χ1) is 17.0. The maximum absolute atomic E-state index is 13.6. The van der Waals surface area contributed by atoms with Crippen molar-refractivity contribution >= 4 is 16.9 Å². The fourth-order valence-electron chi connectivity index (χ4n) is 6.98. The first-order valence-electron chi connectivity index (χ1n) is 12.1. The van der Waals surface area contributed by atoms with Crippen LogP contribution in [0.3, 0.4) is 0 Å². The number of aliphatic carboxylic acids is 1. The summed E-state index contributed by atoms with van der Waals surface area (Å²) in [6.07, 6.45) is 6.55. The summed E-state index contributed by atoms with van der Waals surface area (Å²) in [7, 11) is 0. The highest BCUT2D eigenvalue weighted by molar-refractivity contribution is 5.83. The standard InChI is InChI=1S/C23H27FN4O.C2HF3O2/c24-17-1-2-20-18(7-17)16(12-26-20)6-19(25)22-27-21(28-29-22)11-23-8-13-3-14(9-23)5-15(4-13)10-23;3-2(4,5)1(6)7/h1-2,7,12-15,19,26H,3-6,8-11,25H2;(H,6,7). The van der Waals surface area contributed by atoms with Gasteiger partial charge < -0.3 is 20.3 Å². The number of benzene rings is 1. The van der Waals surface area contributed by atoms with Gasteiger partial charge >= 0.3 is 12.1 Å². The molecule has 0 amide bonds. The molecule has 0 saturated heterocycles. The van der Waals surface area contributed by atoms with Crippen molar-refractivity contribution in [1.29, 1.82) is 0 Å². The Morgan fingerprint density at radius 2 is 1.81 bits per heavy atom. The fraction of sp³-hybridized carbons (Fsp3) is 0.560. The topological polar surface area (TPSA) is 118 Å². The SMILES string of the molecule is NC(Cc1c[nH]c2ccc(F)cc12)c1nc(CC23CC4CC(CC(C4)C2)C3)no1.O=C(O)C(F)(F)F. The largest absolute Gasteiger partial charge is 0.490 e. The molecule has 2 aromatic heterocycles. The quantitative estimate of drug-likeness (QED) is 0.401. The van der Waals surface area contributed by atoms with Crippen LogP contribution in [0.2, 0.25) is 0 Å². The molecule has 4 aliphatic carbocycles. The third kappa shape index (κ3) is 5.11. The van der Waals surface area contributed by atoms with Gasteiger partial charge in [0.2, 0.25) is 5.89 Å². The van der Waals surface area contributed by atoms with Crippen molar-refractivity contribution in [2.45, 2.75) is 63.6 Å². The Kier molecular flexibility index (Phi) is 6.30. The van der Waals surface area contributed by atoms with E-state index in [2.05, 4.69) is 15.1 Å². The van der Waals surface area contributed by atoms with Gasteiger partial charge in [0.15, 0.2) is 5.82 Å². The number of H-pyrrole nitrogens is 1. The molecule has 7 nitrogen and oxygen atoms in total. The first kappa shape index (κ1) is 24.7. The molecule has 1 aromatic carbocycles. The number of carboxylic acid groups (broad SMARTS) is 1. The fourth-order valence-corrected chi connectivity index (χ4v) is 6.98. The van der Waals surface area contributed by atoms with E-state index in [1.807, 2.05) is 6.20 Å². The highest BCUT2D eigenvalue weighted by Gasteiger charge is 2.51. The molecular formula is C25H28F4N4O3. The summed E-state index contributed by atoms with van der Waals surface area (Å²) >= 11 is 0. The monoisotopic (exact) mass is 508 g/mol. The third-order valence-electron chi connectivity index (χ3n) is 7.91. The summed E-state index contributed by atoms with van der Waals surface area (Å²) < 4.78 is 50.9. The Morgan fingerprint density at radius 1 is 1.19 bits per heavy atom. The zero-order valence-electron chi connectivity index (χ0n) is 19.5. The summed E-state index contributed by atoms with van der Waals surface area (Å²) in [5, 5.41) is 12.3. The van der Waals surface area contributed by atoms with E-state index in [0.717, 1.165) is 46.5 Å². The molecule has 0 aliphatic heterocycles. The van der Waals surface area contributed by atoms with Crippen molar-refractivity contribution in [2.75, 3.05) is 0 Å². The van der Waals surface area contributed by atoms with E-state index in [4.69, 9.17) is 20.2 Å². The average Bonchev–Trinajstić information content (AvgIpc) is 3.39. The van der Waals surface area contributed by atoms with Gasteiger partial charge in [0, 0.05) is 23.5 Å². The summed E-state index contributed by atoms with van der Waals surface area (Å²) in [5.74, 6) is 1.03. The second kappa shape index (κ2) is 9.17. The van der Waals surface area contributed by atoms with Crippen molar-refractivity contribution in [1.82, 2.24) is 15.1 Å². The summed E-state index contributed by atoms with van der Waals surface area (Å²) in [6.45, 7) is 0. The maximum Gasteiger partial charge on any atom is 0.490 e. The molecule has 4 saturated carbocycles. The van der Waals surface area contributed by atoms with Crippen LogP contribution in [0.15, 0.2) is 28.9 Å². The van der Waals surface area contributed by atoms with Crippen molar-refractivity contribution in [2.24, 2.45) is 28.9 Å². The Labute approximate surface area is 204 Å². The van der Waals surface area contributed by atoms with Gasteiger partial charge in [-0.15, -0.1) is 0 Å². The lowest BCUT2D eigenvalue weighted by Gasteiger charge is -2.56. The lowest BCUT2D eigenvalue weighted by molar-refractivity contribution is -0.192. The molecule has 4 bridgehead atoms. The number of carbonyl (C=O) groups is 1. The van der Waals surface area contributed by atoms with Crippen LogP contribution >= 0.6 is 0 Å². The maximum atomic E-state index is 13.6. The zero-order chi connectivity index (χ0) is 25.7. The second-order valence-corrected chi connectivity index (χ2v) is 10.8. The predicted octanol–water partition coefficient (Wildman–Crippen LogP) is 5.32. The number of rotatable bonds is 5. The summed E-state index contributed by atoms with van der Waals surface area (Å²) in [4.78, 5) is 16.7. The van der Waals surface area contributed by atoms with Crippen molar-refractivity contribution in [3.63, 3.8) is 0 Å². The smallest absolute Gasteiger partial charge is 0.475 e. The van der Waals surface area contributed by atoms with E-state index in [9.17, 15) is 17.6 Å². The third-order valence-corrected chi connectivity index (χ3v) is 7.91. The summed E-state index contributed by atoms with van der Waals surface area (Å²) in [6, 6.07) is 4.35. The van der Waals surface area contributed by atoms with Crippen LogP contribution in [0, 0.1) is 29.0 Å². The Balaban J connectivity index is 0.000000338. The van der Waals surface area contributed by atoms with E-state index in [1.54, 1.807) is 12.1 Å². The number of alkyl halides is 3. The van der Waals surface area contributed by atoms with E-state index in [0.29, 0.717) is 17.7 Å². The number of halogens is 4. The minimum absolute atomic E-state index is 0.248. The van der Waals surface area contributed by atoms with Gasteiger partial charge in [-0.3, -0.25) is 0 Å². The number of fused-ring (bicyclic) bond motifs is 1. The van der Waals surface area contributed by atoms with Crippen molar-refractivity contribution in [3.05, 3.63) is 47.5 Å². The van der Waals surface area contributed by atoms with Gasteiger partial charge in [0.25, 0.3) is 0 Å². The van der Waals surface area contributed by atoms with Gasteiger partial charge in [0.05, 0.1) is 6.04 Å². The Morgan fingerprint density at radius 3 is 2.39 bits per heavy atom. The van der Waals surface area contributed by atoms with Crippen molar-refractivity contribution in [3.8, 4) is 0 Å². The van der Waals surface area contributed by atoms with E-state index in [1.165, 1.54) is 44.6 Å². The minimum Gasteiger partial charge on any atom is -0.475 e. The minimum atomic E-state index is -5.08. The van der Waals surface area contributed by atoms with E-state index >= 15 is 0 Å². The number of hydrogen-bond donors (Lipinski definition) is 3. The van der Waals surface area contributed by atoms with Crippen LogP contribution in [0.4, 0.5) is 17.6 Å². The normalized spacial score (nSPS) is 27.6. The number of nitrogens with two attached hydrogens (primary N) is 1. The van der Waals surface area contributed by atoms with Gasteiger partial charge in [-0.25, -0.2) is 9.18 Å². The van der Waals surface area contributed by atoms with Crippen LogP contribution in [0.5, 0.6) is 0 Å². The average molecular weight is 509 g/mol. The number of aromatic nitrogens is 3. The molecule has 4 N–H and O–H groups in total. The summed E-state index contributed by atoms with van der Waals surface area (Å²) in [5.41, 5.74) is 8.64. The number of nitrogens with one attached hydrogen (secondary N) is 1. The molecule has 11 heteroatoms. The molecule has 0 spiro atoms. The van der Waals surface area contributed by atoms with E-state index < -0.39 is 18.2 Å². The first-order valence-corrected chi connectivity index (χ1v) is 12.1. The molecule has 4 fully saturated rings. The van der Waals surface area contributed by atoms with Crippen LogP contribution in [0.25, 0.3) is 10.9 Å². The van der Waals surface area contributed by atoms with Crippen LogP contribution in [-0.2, 0) is 17.6 Å². The van der Waals surface area contributed by atoms with Gasteiger partial charge in [-0.05, 0) is 91.9 Å². The molecule has 194 valence electrons. The number of aromatic amines is 1. The molecular weight excluding hydrogens is 480 g/mol. The van der Waals surface area contributed by atoms with Crippen LogP contribution in [0.1, 0.15) is 61.8 Å². The second-order valence-electron chi connectivity index (χ2n) is 10.8. The molecule has 0 radical (unpaired) electrons. The molecule has 36 heavy (non-hydrogen) atoms. The molecule has 7 rings (SSSR count). The van der Waals surface area contributed by atoms with Gasteiger partial charge in [0.1, 0.15) is 5.82 Å². The zero-order valence-corrected chi connectivity index (χ0v) is 19.5.